The van der Waals surface area contributed by atoms with Crippen molar-refractivity contribution in [2.45, 2.75) is 19.4 Å². The molecule has 0 radical (unpaired) electrons. The van der Waals surface area contributed by atoms with Crippen LogP contribution in [0.4, 0.5) is 8.78 Å². The van der Waals surface area contributed by atoms with Crippen LogP contribution in [0.5, 0.6) is 5.75 Å². The van der Waals surface area contributed by atoms with Crippen LogP contribution in [0.25, 0.3) is 0 Å². The van der Waals surface area contributed by atoms with E-state index in [2.05, 4.69) is 12.2 Å². The highest BCUT2D eigenvalue weighted by molar-refractivity contribution is 5.27. The molecule has 1 atom stereocenters. The first kappa shape index (κ1) is 15.4. The molecule has 1 unspecified atom stereocenters. The third-order valence-corrected chi connectivity index (χ3v) is 3.30. The standard InChI is InChI=1S/C17H19F2NO/c1-12(10-20-2)14-5-3-13(4-6-14)11-21-17-8-15(18)7-16(19)9-17/h3-9,12,20H,10-11H2,1-2H3. The number of rotatable bonds is 6. The Morgan fingerprint density at radius 2 is 1.67 bits per heavy atom. The lowest BCUT2D eigenvalue weighted by molar-refractivity contribution is 0.302. The number of likely N-dealkylation sites (N-methyl/N-ethyl adjacent to an activating group) is 1. The van der Waals surface area contributed by atoms with Crippen molar-refractivity contribution in [1.82, 2.24) is 5.32 Å². The van der Waals surface area contributed by atoms with Crippen LogP contribution < -0.4 is 10.1 Å². The van der Waals surface area contributed by atoms with Crippen molar-refractivity contribution in [3.05, 3.63) is 65.2 Å². The Hall–Kier alpha value is -1.94. The van der Waals surface area contributed by atoms with Gasteiger partial charge in [-0.1, -0.05) is 31.2 Å². The second kappa shape index (κ2) is 7.18. The lowest BCUT2D eigenvalue weighted by Gasteiger charge is -2.12. The van der Waals surface area contributed by atoms with Crippen molar-refractivity contribution in [3.8, 4) is 5.75 Å². The maximum atomic E-state index is 13.0. The number of ether oxygens (including phenoxy) is 1. The molecule has 2 aromatic rings. The molecule has 0 aliphatic rings. The minimum absolute atomic E-state index is 0.195. The van der Waals surface area contributed by atoms with Crippen molar-refractivity contribution < 1.29 is 13.5 Å². The Morgan fingerprint density at radius 3 is 2.24 bits per heavy atom. The smallest absolute Gasteiger partial charge is 0.129 e. The molecule has 112 valence electrons. The van der Waals surface area contributed by atoms with E-state index in [0.717, 1.165) is 18.2 Å². The molecule has 0 aliphatic heterocycles. The van der Waals surface area contributed by atoms with Gasteiger partial charge in [0.2, 0.25) is 0 Å². The van der Waals surface area contributed by atoms with Crippen LogP contribution in [0.2, 0.25) is 0 Å². The summed E-state index contributed by atoms with van der Waals surface area (Å²) >= 11 is 0. The average Bonchev–Trinajstić information content (AvgIpc) is 2.45. The van der Waals surface area contributed by atoms with E-state index in [-0.39, 0.29) is 12.4 Å². The van der Waals surface area contributed by atoms with Gasteiger partial charge in [0, 0.05) is 24.7 Å². The summed E-state index contributed by atoms with van der Waals surface area (Å²) in [5.74, 6) is -0.648. The summed E-state index contributed by atoms with van der Waals surface area (Å²) in [4.78, 5) is 0. The summed E-state index contributed by atoms with van der Waals surface area (Å²) in [6.45, 7) is 3.35. The second-order valence-electron chi connectivity index (χ2n) is 5.09. The zero-order valence-electron chi connectivity index (χ0n) is 12.2. The molecule has 0 fully saturated rings. The van der Waals surface area contributed by atoms with E-state index in [1.807, 2.05) is 31.3 Å². The molecular formula is C17H19F2NO. The maximum Gasteiger partial charge on any atom is 0.129 e. The van der Waals surface area contributed by atoms with Crippen molar-refractivity contribution >= 4 is 0 Å². The summed E-state index contributed by atoms with van der Waals surface area (Å²) in [6.07, 6.45) is 0. The zero-order chi connectivity index (χ0) is 15.2. The van der Waals surface area contributed by atoms with Gasteiger partial charge in [-0.3, -0.25) is 0 Å². The number of nitrogens with one attached hydrogen (secondary N) is 1. The van der Waals surface area contributed by atoms with Gasteiger partial charge < -0.3 is 10.1 Å². The number of benzene rings is 2. The van der Waals surface area contributed by atoms with E-state index in [4.69, 9.17) is 4.74 Å². The predicted molar refractivity (Wildman–Crippen MR) is 79.5 cm³/mol. The molecule has 0 aliphatic carbocycles. The average molecular weight is 291 g/mol. The summed E-state index contributed by atoms with van der Waals surface area (Å²) in [5, 5.41) is 3.14. The van der Waals surface area contributed by atoms with E-state index in [0.29, 0.717) is 5.92 Å². The van der Waals surface area contributed by atoms with Crippen LogP contribution in [0.1, 0.15) is 24.0 Å². The Balaban J connectivity index is 1.97. The lowest BCUT2D eigenvalue weighted by atomic mass is 10.00. The molecule has 0 heterocycles. The van der Waals surface area contributed by atoms with Gasteiger partial charge in [-0.05, 0) is 24.1 Å². The topological polar surface area (TPSA) is 21.3 Å². The third-order valence-electron chi connectivity index (χ3n) is 3.30. The van der Waals surface area contributed by atoms with Crippen LogP contribution in [0.3, 0.4) is 0 Å². The Morgan fingerprint density at radius 1 is 1.05 bits per heavy atom. The van der Waals surface area contributed by atoms with Crippen LogP contribution in [-0.2, 0) is 6.61 Å². The zero-order valence-corrected chi connectivity index (χ0v) is 12.2. The highest BCUT2D eigenvalue weighted by atomic mass is 19.1. The number of hydrogen-bond donors (Lipinski definition) is 1. The first-order valence-electron chi connectivity index (χ1n) is 6.91. The fourth-order valence-electron chi connectivity index (χ4n) is 2.14. The fraction of sp³-hybridized carbons (Fsp3) is 0.294. The molecule has 0 saturated heterocycles. The minimum Gasteiger partial charge on any atom is -0.489 e. The lowest BCUT2D eigenvalue weighted by Crippen LogP contribution is -2.14. The number of hydrogen-bond acceptors (Lipinski definition) is 2. The molecule has 2 rings (SSSR count). The van der Waals surface area contributed by atoms with Crippen LogP contribution in [0, 0.1) is 11.6 Å². The van der Waals surface area contributed by atoms with Gasteiger partial charge in [0.1, 0.15) is 24.0 Å². The minimum atomic E-state index is -0.638. The van der Waals surface area contributed by atoms with Crippen molar-refractivity contribution in [1.29, 1.82) is 0 Å². The van der Waals surface area contributed by atoms with Crippen molar-refractivity contribution in [3.63, 3.8) is 0 Å². The first-order chi connectivity index (χ1) is 10.1. The maximum absolute atomic E-state index is 13.0. The molecule has 4 heteroatoms. The van der Waals surface area contributed by atoms with Crippen LogP contribution in [0.15, 0.2) is 42.5 Å². The highest BCUT2D eigenvalue weighted by Gasteiger charge is 2.05. The molecule has 1 N–H and O–H groups in total. The molecular weight excluding hydrogens is 272 g/mol. The van der Waals surface area contributed by atoms with E-state index in [1.165, 1.54) is 17.7 Å². The molecule has 0 amide bonds. The highest BCUT2D eigenvalue weighted by Crippen LogP contribution is 2.18. The summed E-state index contributed by atoms with van der Waals surface area (Å²) in [5.41, 5.74) is 2.20. The third kappa shape index (κ3) is 4.53. The van der Waals surface area contributed by atoms with Crippen LogP contribution >= 0.6 is 0 Å². The van der Waals surface area contributed by atoms with Gasteiger partial charge in [0.25, 0.3) is 0 Å². The Bertz CT molecular complexity index is 564. The van der Waals surface area contributed by atoms with Gasteiger partial charge in [-0.15, -0.1) is 0 Å². The van der Waals surface area contributed by atoms with E-state index >= 15 is 0 Å². The quantitative estimate of drug-likeness (QED) is 0.872. The summed E-state index contributed by atoms with van der Waals surface area (Å²) in [7, 11) is 1.93. The molecule has 2 nitrogen and oxygen atoms in total. The molecule has 0 aromatic heterocycles. The van der Waals surface area contributed by atoms with Crippen LogP contribution in [-0.4, -0.2) is 13.6 Å². The fourth-order valence-corrected chi connectivity index (χ4v) is 2.14. The molecule has 2 aromatic carbocycles. The molecule has 0 bridgehead atoms. The predicted octanol–water partition coefficient (Wildman–Crippen LogP) is 3.87. The molecule has 21 heavy (non-hydrogen) atoms. The normalized spacial score (nSPS) is 12.2. The van der Waals surface area contributed by atoms with Crippen molar-refractivity contribution in [2.24, 2.45) is 0 Å². The Labute approximate surface area is 123 Å². The van der Waals surface area contributed by atoms with Gasteiger partial charge in [-0.2, -0.15) is 0 Å². The second-order valence-corrected chi connectivity index (χ2v) is 5.09. The summed E-state index contributed by atoms with van der Waals surface area (Å²) < 4.78 is 31.5. The molecule has 0 spiro atoms. The molecule has 0 saturated carbocycles. The Kier molecular flexibility index (Phi) is 5.28. The number of halogens is 2. The van der Waals surface area contributed by atoms with Gasteiger partial charge in [0.05, 0.1) is 0 Å². The van der Waals surface area contributed by atoms with Crippen molar-refractivity contribution in [2.75, 3.05) is 13.6 Å². The largest absolute Gasteiger partial charge is 0.489 e. The van der Waals surface area contributed by atoms with E-state index in [1.54, 1.807) is 0 Å². The SMILES string of the molecule is CNCC(C)c1ccc(COc2cc(F)cc(F)c2)cc1. The first-order valence-corrected chi connectivity index (χ1v) is 6.91. The summed E-state index contributed by atoms with van der Waals surface area (Å²) in [6, 6.07) is 11.2. The van der Waals surface area contributed by atoms with Gasteiger partial charge in [0.15, 0.2) is 0 Å². The monoisotopic (exact) mass is 291 g/mol. The van der Waals surface area contributed by atoms with Gasteiger partial charge >= 0.3 is 0 Å². The van der Waals surface area contributed by atoms with Gasteiger partial charge in [-0.25, -0.2) is 8.78 Å². The van der Waals surface area contributed by atoms with E-state index in [9.17, 15) is 8.78 Å². The van der Waals surface area contributed by atoms with E-state index < -0.39 is 11.6 Å².